The Balaban J connectivity index is 1.43. The van der Waals surface area contributed by atoms with Crippen molar-refractivity contribution in [2.24, 2.45) is 5.92 Å². The normalized spacial score (nSPS) is 14.6. The zero-order valence-electron chi connectivity index (χ0n) is 15.9. The van der Waals surface area contributed by atoms with Crippen LogP contribution in [0.25, 0.3) is 10.9 Å². The second kappa shape index (κ2) is 8.50. The van der Waals surface area contributed by atoms with E-state index in [1.807, 2.05) is 48.5 Å². The van der Waals surface area contributed by atoms with Crippen LogP contribution in [0, 0.1) is 17.2 Å². The summed E-state index contributed by atoms with van der Waals surface area (Å²) in [4.78, 5) is 19.2. The zero-order valence-corrected chi connectivity index (χ0v) is 16.7. The molecule has 2 aromatic carbocycles. The van der Waals surface area contributed by atoms with Gasteiger partial charge in [0.2, 0.25) is 5.91 Å². The molecule has 0 radical (unpaired) electrons. The molecule has 0 saturated carbocycles. The SMILES string of the molecule is N#Cc1cnc2ccccc2c1N1CCC(C(=O)NCc2cccc(Cl)c2)CC1. The number of nitrogens with zero attached hydrogens (tertiary/aromatic N) is 3. The van der Waals surface area contributed by atoms with Gasteiger partial charge in [0, 0.05) is 42.2 Å². The molecule has 0 atom stereocenters. The van der Waals surface area contributed by atoms with Crippen molar-refractivity contribution >= 4 is 34.1 Å². The molecular weight excluding hydrogens is 384 g/mol. The molecule has 6 heteroatoms. The summed E-state index contributed by atoms with van der Waals surface area (Å²) in [7, 11) is 0. The Labute approximate surface area is 174 Å². The number of benzene rings is 2. The van der Waals surface area contributed by atoms with Gasteiger partial charge in [0.05, 0.1) is 16.8 Å². The summed E-state index contributed by atoms with van der Waals surface area (Å²) in [5.41, 5.74) is 3.37. The number of rotatable bonds is 4. The molecule has 1 aliphatic rings. The summed E-state index contributed by atoms with van der Waals surface area (Å²) in [6.07, 6.45) is 3.15. The van der Waals surface area contributed by atoms with Crippen LogP contribution in [0.1, 0.15) is 24.0 Å². The predicted molar refractivity (Wildman–Crippen MR) is 115 cm³/mol. The van der Waals surface area contributed by atoms with E-state index in [1.54, 1.807) is 6.20 Å². The lowest BCUT2D eigenvalue weighted by atomic mass is 9.94. The number of carbonyl (C=O) groups is 1. The Morgan fingerprint density at radius 2 is 2.00 bits per heavy atom. The number of para-hydroxylation sites is 1. The van der Waals surface area contributed by atoms with Crippen LogP contribution in [-0.4, -0.2) is 24.0 Å². The number of aromatic nitrogens is 1. The predicted octanol–water partition coefficient (Wildman–Crippen LogP) is 4.29. The van der Waals surface area contributed by atoms with E-state index in [2.05, 4.69) is 21.3 Å². The molecule has 29 heavy (non-hydrogen) atoms. The van der Waals surface area contributed by atoms with Gasteiger partial charge in [-0.3, -0.25) is 9.78 Å². The minimum Gasteiger partial charge on any atom is -0.370 e. The van der Waals surface area contributed by atoms with Crippen LogP contribution in [0.2, 0.25) is 5.02 Å². The lowest BCUT2D eigenvalue weighted by Gasteiger charge is -2.34. The second-order valence-corrected chi connectivity index (χ2v) is 7.69. The molecule has 1 aliphatic heterocycles. The van der Waals surface area contributed by atoms with E-state index in [9.17, 15) is 10.1 Å². The first-order valence-electron chi connectivity index (χ1n) is 9.70. The lowest BCUT2D eigenvalue weighted by molar-refractivity contribution is -0.125. The summed E-state index contributed by atoms with van der Waals surface area (Å²) in [6, 6.07) is 17.7. The third-order valence-electron chi connectivity index (χ3n) is 5.41. The quantitative estimate of drug-likeness (QED) is 0.704. The van der Waals surface area contributed by atoms with Gasteiger partial charge >= 0.3 is 0 Å². The van der Waals surface area contributed by atoms with E-state index >= 15 is 0 Å². The molecule has 1 saturated heterocycles. The smallest absolute Gasteiger partial charge is 0.223 e. The summed E-state index contributed by atoms with van der Waals surface area (Å²) in [5.74, 6) is 0.0498. The lowest BCUT2D eigenvalue weighted by Crippen LogP contribution is -2.40. The first-order chi connectivity index (χ1) is 14.2. The Hall–Kier alpha value is -3.10. The van der Waals surface area contributed by atoms with Crippen LogP contribution in [0.4, 0.5) is 5.69 Å². The van der Waals surface area contributed by atoms with Gasteiger partial charge < -0.3 is 10.2 Å². The van der Waals surface area contributed by atoms with Crippen LogP contribution in [0.5, 0.6) is 0 Å². The van der Waals surface area contributed by atoms with Crippen molar-refractivity contribution in [1.29, 1.82) is 5.26 Å². The first kappa shape index (κ1) is 19.2. The molecule has 1 fully saturated rings. The third kappa shape index (κ3) is 4.18. The molecule has 1 aromatic heterocycles. The summed E-state index contributed by atoms with van der Waals surface area (Å²) >= 11 is 6.00. The highest BCUT2D eigenvalue weighted by molar-refractivity contribution is 6.30. The number of anilines is 1. The summed E-state index contributed by atoms with van der Waals surface area (Å²) in [5, 5.41) is 14.2. The standard InChI is InChI=1S/C23H21ClN4O/c24-19-5-3-4-16(12-19)14-27-23(29)17-8-10-28(11-9-17)22-18(13-25)15-26-21-7-2-1-6-20(21)22/h1-7,12,15,17H,8-11,14H2,(H,27,29). The zero-order chi connectivity index (χ0) is 20.2. The van der Waals surface area contributed by atoms with Gasteiger partial charge in [-0.2, -0.15) is 5.26 Å². The van der Waals surface area contributed by atoms with Gasteiger partial charge in [-0.15, -0.1) is 0 Å². The number of amides is 1. The van der Waals surface area contributed by atoms with Gasteiger partial charge in [0.15, 0.2) is 0 Å². The summed E-state index contributed by atoms with van der Waals surface area (Å²) < 4.78 is 0. The second-order valence-electron chi connectivity index (χ2n) is 7.26. The molecule has 0 aliphatic carbocycles. The van der Waals surface area contributed by atoms with E-state index < -0.39 is 0 Å². The van der Waals surface area contributed by atoms with Crippen LogP contribution < -0.4 is 10.2 Å². The molecule has 2 heterocycles. The molecule has 4 rings (SSSR count). The van der Waals surface area contributed by atoms with E-state index in [0.717, 1.165) is 48.1 Å². The number of hydrogen-bond acceptors (Lipinski definition) is 4. The Morgan fingerprint density at radius 3 is 2.76 bits per heavy atom. The van der Waals surface area contributed by atoms with Crippen molar-refractivity contribution in [3.8, 4) is 6.07 Å². The third-order valence-corrected chi connectivity index (χ3v) is 5.64. The molecule has 1 amide bonds. The molecule has 3 aromatic rings. The minimum atomic E-state index is -0.0240. The fourth-order valence-corrected chi connectivity index (χ4v) is 4.11. The van der Waals surface area contributed by atoms with E-state index in [-0.39, 0.29) is 11.8 Å². The average molecular weight is 405 g/mol. The van der Waals surface area contributed by atoms with Crippen molar-refractivity contribution in [3.63, 3.8) is 0 Å². The van der Waals surface area contributed by atoms with Gasteiger partial charge in [0.1, 0.15) is 6.07 Å². The molecule has 146 valence electrons. The number of nitrogens with one attached hydrogen (secondary N) is 1. The number of piperidine rings is 1. The number of carbonyl (C=O) groups excluding carboxylic acids is 1. The van der Waals surface area contributed by atoms with Crippen LogP contribution in [0.3, 0.4) is 0 Å². The Kier molecular flexibility index (Phi) is 5.64. The van der Waals surface area contributed by atoms with Gasteiger partial charge in [-0.25, -0.2) is 0 Å². The highest BCUT2D eigenvalue weighted by Crippen LogP contribution is 2.32. The molecular formula is C23H21ClN4O. The van der Waals surface area contributed by atoms with Crippen molar-refractivity contribution in [1.82, 2.24) is 10.3 Å². The van der Waals surface area contributed by atoms with Gasteiger partial charge in [-0.05, 0) is 36.6 Å². The van der Waals surface area contributed by atoms with E-state index in [1.165, 1.54) is 0 Å². The van der Waals surface area contributed by atoms with Crippen molar-refractivity contribution in [3.05, 3.63) is 70.9 Å². The number of hydrogen-bond donors (Lipinski definition) is 1. The average Bonchev–Trinajstić information content (AvgIpc) is 2.77. The molecule has 0 bridgehead atoms. The van der Waals surface area contributed by atoms with Gasteiger partial charge in [0.25, 0.3) is 0 Å². The van der Waals surface area contributed by atoms with Crippen LogP contribution in [-0.2, 0) is 11.3 Å². The maximum atomic E-state index is 12.6. The van der Waals surface area contributed by atoms with Crippen molar-refractivity contribution in [2.75, 3.05) is 18.0 Å². The fourth-order valence-electron chi connectivity index (χ4n) is 3.90. The topological polar surface area (TPSA) is 69.0 Å². The van der Waals surface area contributed by atoms with E-state index in [4.69, 9.17) is 11.6 Å². The highest BCUT2D eigenvalue weighted by Gasteiger charge is 2.27. The molecule has 0 unspecified atom stereocenters. The van der Waals surface area contributed by atoms with Crippen molar-refractivity contribution < 1.29 is 4.79 Å². The number of fused-ring (bicyclic) bond motifs is 1. The molecule has 5 nitrogen and oxygen atoms in total. The summed E-state index contributed by atoms with van der Waals surface area (Å²) in [6.45, 7) is 1.95. The fraction of sp³-hybridized carbons (Fsp3) is 0.261. The molecule has 1 N–H and O–H groups in total. The number of pyridine rings is 1. The number of nitriles is 1. The van der Waals surface area contributed by atoms with E-state index in [0.29, 0.717) is 17.1 Å². The number of halogens is 1. The maximum Gasteiger partial charge on any atom is 0.223 e. The van der Waals surface area contributed by atoms with Crippen LogP contribution >= 0.6 is 11.6 Å². The Morgan fingerprint density at radius 1 is 1.21 bits per heavy atom. The Bertz CT molecular complexity index is 1080. The monoisotopic (exact) mass is 404 g/mol. The first-order valence-corrected chi connectivity index (χ1v) is 10.1. The van der Waals surface area contributed by atoms with Crippen LogP contribution in [0.15, 0.2) is 54.7 Å². The minimum absolute atomic E-state index is 0.0240. The molecule has 0 spiro atoms. The maximum absolute atomic E-state index is 12.6. The van der Waals surface area contributed by atoms with Crippen molar-refractivity contribution in [2.45, 2.75) is 19.4 Å². The van der Waals surface area contributed by atoms with Gasteiger partial charge in [-0.1, -0.05) is 41.9 Å². The largest absolute Gasteiger partial charge is 0.370 e. The highest BCUT2D eigenvalue weighted by atomic mass is 35.5.